The minimum Gasteiger partial charge on any atom is -0.0840 e. The van der Waals surface area contributed by atoms with Crippen molar-refractivity contribution in [3.8, 4) is 0 Å². The van der Waals surface area contributed by atoms with Crippen LogP contribution in [0.4, 0.5) is 0 Å². The van der Waals surface area contributed by atoms with Gasteiger partial charge >= 0.3 is 0 Å². The van der Waals surface area contributed by atoms with E-state index in [1.807, 2.05) is 0 Å². The number of halogens is 1. The van der Waals surface area contributed by atoms with Crippen LogP contribution in [0.1, 0.15) is 12.8 Å². The molecule has 0 N–H and O–H groups in total. The van der Waals surface area contributed by atoms with Gasteiger partial charge in [0.05, 0.1) is 0 Å². The van der Waals surface area contributed by atoms with Gasteiger partial charge in [0.25, 0.3) is 0 Å². The van der Waals surface area contributed by atoms with E-state index in [2.05, 4.69) is 28.7 Å². The standard InChI is InChI=1S/C7H9I/c8-4-6-2-1-5-3-7(5)6/h2,5,7H,1,3-4H2. The lowest BCUT2D eigenvalue weighted by Crippen LogP contribution is -1.81. The van der Waals surface area contributed by atoms with Gasteiger partial charge in [-0.3, -0.25) is 0 Å². The average molecular weight is 220 g/mol. The molecule has 0 bridgehead atoms. The molecular formula is C7H9I. The number of alkyl halides is 1. The van der Waals surface area contributed by atoms with Crippen molar-refractivity contribution < 1.29 is 0 Å². The van der Waals surface area contributed by atoms with E-state index in [0.717, 1.165) is 11.8 Å². The normalized spacial score (nSPS) is 41.4. The monoisotopic (exact) mass is 220 g/mol. The summed E-state index contributed by atoms with van der Waals surface area (Å²) in [6.45, 7) is 0. The molecular weight excluding hydrogens is 211 g/mol. The van der Waals surface area contributed by atoms with Gasteiger partial charge in [-0.2, -0.15) is 0 Å². The molecule has 2 aliphatic rings. The molecule has 0 nitrogen and oxygen atoms in total. The van der Waals surface area contributed by atoms with Crippen molar-refractivity contribution in [3.05, 3.63) is 11.6 Å². The molecule has 2 atom stereocenters. The maximum absolute atomic E-state index is 2.46. The van der Waals surface area contributed by atoms with Crippen molar-refractivity contribution in [1.82, 2.24) is 0 Å². The van der Waals surface area contributed by atoms with Gasteiger partial charge in [-0.05, 0) is 24.7 Å². The fourth-order valence-corrected chi connectivity index (χ4v) is 2.45. The van der Waals surface area contributed by atoms with Gasteiger partial charge in [-0.15, -0.1) is 0 Å². The van der Waals surface area contributed by atoms with E-state index < -0.39 is 0 Å². The molecule has 0 heterocycles. The van der Waals surface area contributed by atoms with Gasteiger partial charge in [0.15, 0.2) is 0 Å². The van der Waals surface area contributed by atoms with Crippen molar-refractivity contribution in [3.63, 3.8) is 0 Å². The fourth-order valence-electron chi connectivity index (χ4n) is 1.57. The average Bonchev–Trinajstić information content (AvgIpc) is 2.46. The number of allylic oxidation sites excluding steroid dienone is 2. The third-order valence-electron chi connectivity index (χ3n) is 2.24. The summed E-state index contributed by atoms with van der Waals surface area (Å²) in [6, 6.07) is 0. The molecule has 1 heteroatoms. The van der Waals surface area contributed by atoms with E-state index in [0.29, 0.717) is 0 Å². The second kappa shape index (κ2) is 1.72. The van der Waals surface area contributed by atoms with E-state index in [1.54, 1.807) is 5.57 Å². The summed E-state index contributed by atoms with van der Waals surface area (Å²) in [5.74, 6) is 2.15. The number of rotatable bonds is 1. The quantitative estimate of drug-likeness (QED) is 0.361. The van der Waals surface area contributed by atoms with Gasteiger partial charge in [-0.25, -0.2) is 0 Å². The van der Waals surface area contributed by atoms with Crippen LogP contribution in [-0.4, -0.2) is 4.43 Å². The van der Waals surface area contributed by atoms with Crippen LogP contribution in [0.25, 0.3) is 0 Å². The molecule has 0 saturated heterocycles. The van der Waals surface area contributed by atoms with E-state index in [-0.39, 0.29) is 0 Å². The fraction of sp³-hybridized carbons (Fsp3) is 0.714. The number of hydrogen-bond acceptors (Lipinski definition) is 0. The summed E-state index contributed by atoms with van der Waals surface area (Å²) in [7, 11) is 0. The molecule has 2 unspecified atom stereocenters. The Kier molecular flexibility index (Phi) is 1.14. The molecule has 8 heavy (non-hydrogen) atoms. The molecule has 0 amide bonds. The summed E-state index contributed by atoms with van der Waals surface area (Å²) >= 11 is 2.46. The summed E-state index contributed by atoms with van der Waals surface area (Å²) < 4.78 is 1.28. The van der Waals surface area contributed by atoms with Crippen molar-refractivity contribution in [2.24, 2.45) is 11.8 Å². The Hall–Kier alpha value is 0.470. The topological polar surface area (TPSA) is 0 Å². The Bertz CT molecular complexity index is 137. The lowest BCUT2D eigenvalue weighted by Gasteiger charge is -1.91. The lowest BCUT2D eigenvalue weighted by molar-refractivity contribution is 0.846. The van der Waals surface area contributed by atoms with Crippen LogP contribution in [0.5, 0.6) is 0 Å². The number of hydrogen-bond donors (Lipinski definition) is 0. The third kappa shape index (κ3) is 0.634. The zero-order valence-corrected chi connectivity index (χ0v) is 6.89. The minimum atomic E-state index is 1.05. The van der Waals surface area contributed by atoms with E-state index in [9.17, 15) is 0 Å². The van der Waals surface area contributed by atoms with Crippen molar-refractivity contribution in [2.45, 2.75) is 12.8 Å². The molecule has 0 aromatic carbocycles. The highest BCUT2D eigenvalue weighted by Crippen LogP contribution is 2.52. The molecule has 1 fully saturated rings. The molecule has 44 valence electrons. The van der Waals surface area contributed by atoms with Crippen LogP contribution in [0.3, 0.4) is 0 Å². The Balaban J connectivity index is 2.12. The molecule has 0 aromatic rings. The first-order valence-corrected chi connectivity index (χ1v) is 4.69. The van der Waals surface area contributed by atoms with E-state index in [4.69, 9.17) is 0 Å². The summed E-state index contributed by atoms with van der Waals surface area (Å²) in [5, 5.41) is 0. The molecule has 1 saturated carbocycles. The van der Waals surface area contributed by atoms with Gasteiger partial charge in [-0.1, -0.05) is 34.2 Å². The molecule has 2 aliphatic carbocycles. The van der Waals surface area contributed by atoms with Crippen LogP contribution in [0.2, 0.25) is 0 Å². The second-order valence-electron chi connectivity index (χ2n) is 2.75. The highest BCUT2D eigenvalue weighted by atomic mass is 127. The van der Waals surface area contributed by atoms with Gasteiger partial charge < -0.3 is 0 Å². The number of fused-ring (bicyclic) bond motifs is 1. The minimum absolute atomic E-state index is 1.05. The molecule has 0 aliphatic heterocycles. The Morgan fingerprint density at radius 2 is 2.62 bits per heavy atom. The molecule has 0 radical (unpaired) electrons. The first-order valence-electron chi connectivity index (χ1n) is 3.16. The highest BCUT2D eigenvalue weighted by molar-refractivity contribution is 14.1. The zero-order chi connectivity index (χ0) is 5.56. The van der Waals surface area contributed by atoms with Gasteiger partial charge in [0, 0.05) is 4.43 Å². The predicted octanol–water partition coefficient (Wildman–Crippen LogP) is 2.39. The van der Waals surface area contributed by atoms with E-state index in [1.165, 1.54) is 17.3 Å². The third-order valence-corrected chi connectivity index (χ3v) is 3.12. The summed E-state index contributed by atoms with van der Waals surface area (Å²) in [6.07, 6.45) is 5.34. The van der Waals surface area contributed by atoms with Crippen molar-refractivity contribution in [2.75, 3.05) is 4.43 Å². The van der Waals surface area contributed by atoms with Crippen LogP contribution in [0, 0.1) is 11.8 Å². The summed E-state index contributed by atoms with van der Waals surface area (Å²) in [5.41, 5.74) is 1.73. The lowest BCUT2D eigenvalue weighted by atomic mass is 10.2. The summed E-state index contributed by atoms with van der Waals surface area (Å²) in [4.78, 5) is 0. The largest absolute Gasteiger partial charge is 0.0840 e. The van der Waals surface area contributed by atoms with E-state index >= 15 is 0 Å². The van der Waals surface area contributed by atoms with Crippen molar-refractivity contribution >= 4 is 22.6 Å². The Morgan fingerprint density at radius 3 is 2.88 bits per heavy atom. The van der Waals surface area contributed by atoms with Crippen molar-refractivity contribution in [1.29, 1.82) is 0 Å². The molecule has 2 rings (SSSR count). The second-order valence-corrected chi connectivity index (χ2v) is 3.51. The van der Waals surface area contributed by atoms with Gasteiger partial charge in [0.1, 0.15) is 0 Å². The Morgan fingerprint density at radius 1 is 1.75 bits per heavy atom. The van der Waals surface area contributed by atoms with Crippen LogP contribution < -0.4 is 0 Å². The highest BCUT2D eigenvalue weighted by Gasteiger charge is 2.41. The van der Waals surface area contributed by atoms with Crippen LogP contribution in [0.15, 0.2) is 11.6 Å². The molecule has 0 spiro atoms. The zero-order valence-electron chi connectivity index (χ0n) is 4.73. The molecule has 0 aromatic heterocycles. The van der Waals surface area contributed by atoms with Crippen LogP contribution >= 0.6 is 22.6 Å². The first-order chi connectivity index (χ1) is 3.92. The predicted molar refractivity (Wildman–Crippen MR) is 43.2 cm³/mol. The smallest absolute Gasteiger partial charge is 0.0208 e. The van der Waals surface area contributed by atoms with Crippen LogP contribution in [-0.2, 0) is 0 Å². The SMILES string of the molecule is ICC1=CCC2CC12. The maximum Gasteiger partial charge on any atom is 0.0208 e. The first kappa shape index (κ1) is 5.27. The Labute approximate surface area is 63.5 Å². The maximum atomic E-state index is 2.46. The van der Waals surface area contributed by atoms with Gasteiger partial charge in [0.2, 0.25) is 0 Å².